The zero-order chi connectivity index (χ0) is 13.6. The Morgan fingerprint density at radius 2 is 2.11 bits per heavy atom. The fourth-order valence-electron chi connectivity index (χ4n) is 1.53. The number of imidazole rings is 1. The maximum atomic E-state index is 11.2. The number of hydrogen-bond donors (Lipinski definition) is 0. The third-order valence-corrected chi connectivity index (χ3v) is 3.69. The van der Waals surface area contributed by atoms with Gasteiger partial charge in [0.1, 0.15) is 5.82 Å². The molecule has 18 heavy (non-hydrogen) atoms. The fourth-order valence-corrected chi connectivity index (χ4v) is 2.22. The van der Waals surface area contributed by atoms with Crippen LogP contribution in [0.15, 0.2) is 11.2 Å². The van der Waals surface area contributed by atoms with E-state index in [0.29, 0.717) is 25.4 Å². The van der Waals surface area contributed by atoms with Gasteiger partial charge in [0.25, 0.3) is 9.05 Å². The van der Waals surface area contributed by atoms with Crippen molar-refractivity contribution in [1.29, 1.82) is 0 Å². The molecule has 0 radical (unpaired) electrons. The highest BCUT2D eigenvalue weighted by Gasteiger charge is 2.16. The molecule has 0 saturated carbocycles. The summed E-state index contributed by atoms with van der Waals surface area (Å²) in [6.45, 7) is 5.89. The second-order valence-corrected chi connectivity index (χ2v) is 6.46. The van der Waals surface area contributed by atoms with Crippen LogP contribution in [0.4, 0.5) is 0 Å². The van der Waals surface area contributed by atoms with Crippen molar-refractivity contribution < 1.29 is 13.2 Å². The number of hydrogen-bond acceptors (Lipinski definition) is 4. The Balaban J connectivity index is 2.62. The van der Waals surface area contributed by atoms with Gasteiger partial charge >= 0.3 is 0 Å². The lowest BCUT2D eigenvalue weighted by atomic mass is 10.4. The SMILES string of the molecule is CCCCOCCn1cc(S(=O)(=O)Cl)nc1CC. The number of aromatic nitrogens is 2. The lowest BCUT2D eigenvalue weighted by Crippen LogP contribution is -2.08. The monoisotopic (exact) mass is 294 g/mol. The average molecular weight is 295 g/mol. The molecule has 5 nitrogen and oxygen atoms in total. The van der Waals surface area contributed by atoms with Crippen LogP contribution in [0.5, 0.6) is 0 Å². The van der Waals surface area contributed by atoms with E-state index in [1.54, 1.807) is 4.57 Å². The molecule has 0 aromatic carbocycles. The molecular weight excluding hydrogens is 276 g/mol. The van der Waals surface area contributed by atoms with E-state index in [1.165, 1.54) is 6.20 Å². The van der Waals surface area contributed by atoms with Gasteiger partial charge in [-0.1, -0.05) is 20.3 Å². The van der Waals surface area contributed by atoms with Gasteiger partial charge in [0, 0.05) is 36.5 Å². The fraction of sp³-hybridized carbons (Fsp3) is 0.727. The van der Waals surface area contributed by atoms with Gasteiger partial charge in [-0.3, -0.25) is 0 Å². The first-order valence-corrected chi connectivity index (χ1v) is 8.38. The van der Waals surface area contributed by atoms with Gasteiger partial charge in [-0.25, -0.2) is 13.4 Å². The molecule has 1 rings (SSSR count). The first-order valence-electron chi connectivity index (χ1n) is 6.07. The van der Waals surface area contributed by atoms with Gasteiger partial charge in [-0.2, -0.15) is 0 Å². The predicted octanol–water partition coefficient (Wildman–Crippen LogP) is 2.19. The summed E-state index contributed by atoms with van der Waals surface area (Å²) in [5.74, 6) is 0.702. The highest BCUT2D eigenvalue weighted by Crippen LogP contribution is 2.14. The Labute approximate surface area is 113 Å². The van der Waals surface area contributed by atoms with Crippen LogP contribution in [-0.2, 0) is 26.8 Å². The van der Waals surface area contributed by atoms with E-state index in [4.69, 9.17) is 15.4 Å². The molecule has 0 atom stereocenters. The van der Waals surface area contributed by atoms with Gasteiger partial charge in [0.15, 0.2) is 5.03 Å². The van der Waals surface area contributed by atoms with E-state index in [2.05, 4.69) is 11.9 Å². The molecular formula is C11H19ClN2O3S. The Bertz CT molecular complexity index is 471. The van der Waals surface area contributed by atoms with E-state index in [-0.39, 0.29) is 5.03 Å². The average Bonchev–Trinajstić information content (AvgIpc) is 2.72. The highest BCUT2D eigenvalue weighted by molar-refractivity contribution is 8.13. The van der Waals surface area contributed by atoms with Crippen molar-refractivity contribution >= 4 is 19.7 Å². The highest BCUT2D eigenvalue weighted by atomic mass is 35.7. The largest absolute Gasteiger partial charge is 0.380 e. The smallest absolute Gasteiger partial charge is 0.280 e. The molecule has 0 aliphatic heterocycles. The Morgan fingerprint density at radius 3 is 2.67 bits per heavy atom. The summed E-state index contributed by atoms with van der Waals surface area (Å²) >= 11 is 0. The first-order chi connectivity index (χ1) is 8.49. The minimum Gasteiger partial charge on any atom is -0.380 e. The molecule has 0 saturated heterocycles. The number of rotatable bonds is 8. The number of ether oxygens (including phenoxy) is 1. The van der Waals surface area contributed by atoms with Crippen LogP contribution in [0.2, 0.25) is 0 Å². The van der Waals surface area contributed by atoms with Crippen molar-refractivity contribution in [3.8, 4) is 0 Å². The topological polar surface area (TPSA) is 61.2 Å². The minimum atomic E-state index is -3.75. The quantitative estimate of drug-likeness (QED) is 0.545. The summed E-state index contributed by atoms with van der Waals surface area (Å²) in [6, 6.07) is 0. The molecule has 1 heterocycles. The van der Waals surface area contributed by atoms with E-state index >= 15 is 0 Å². The van der Waals surface area contributed by atoms with Gasteiger partial charge in [0.05, 0.1) is 6.61 Å². The predicted molar refractivity (Wildman–Crippen MR) is 70.4 cm³/mol. The van der Waals surface area contributed by atoms with Crippen molar-refractivity contribution in [3.63, 3.8) is 0 Å². The van der Waals surface area contributed by atoms with Gasteiger partial charge in [-0.15, -0.1) is 0 Å². The summed E-state index contributed by atoms with van der Waals surface area (Å²) in [6.07, 6.45) is 4.25. The Kier molecular flexibility index (Phi) is 6.11. The van der Waals surface area contributed by atoms with E-state index in [9.17, 15) is 8.42 Å². The molecule has 0 spiro atoms. The number of nitrogens with zero attached hydrogens (tertiary/aromatic N) is 2. The van der Waals surface area contributed by atoms with Crippen LogP contribution in [0.3, 0.4) is 0 Å². The van der Waals surface area contributed by atoms with Crippen molar-refractivity contribution in [3.05, 3.63) is 12.0 Å². The Morgan fingerprint density at radius 1 is 1.39 bits per heavy atom. The van der Waals surface area contributed by atoms with Gasteiger partial charge < -0.3 is 9.30 Å². The third-order valence-electron chi connectivity index (χ3n) is 2.52. The normalized spacial score (nSPS) is 11.9. The van der Waals surface area contributed by atoms with Crippen LogP contribution < -0.4 is 0 Å². The Hall–Kier alpha value is -0.590. The third kappa shape index (κ3) is 4.59. The minimum absolute atomic E-state index is 0.0884. The van der Waals surface area contributed by atoms with Crippen LogP contribution in [0.1, 0.15) is 32.5 Å². The van der Waals surface area contributed by atoms with E-state index in [1.807, 2.05) is 6.92 Å². The number of unbranched alkanes of at least 4 members (excludes halogenated alkanes) is 1. The lowest BCUT2D eigenvalue weighted by molar-refractivity contribution is 0.123. The molecule has 0 fully saturated rings. The molecule has 104 valence electrons. The van der Waals surface area contributed by atoms with Crippen molar-refractivity contribution in [2.75, 3.05) is 13.2 Å². The zero-order valence-electron chi connectivity index (χ0n) is 10.7. The molecule has 0 amide bonds. The van der Waals surface area contributed by atoms with Crippen LogP contribution in [-0.4, -0.2) is 31.2 Å². The first kappa shape index (κ1) is 15.5. The standard InChI is InChI=1S/C11H19ClN2O3S/c1-3-5-7-17-8-6-14-9-11(18(12,15)16)13-10(14)4-2/h9H,3-8H2,1-2H3. The van der Waals surface area contributed by atoms with Crippen molar-refractivity contribution in [2.45, 2.75) is 44.7 Å². The van der Waals surface area contributed by atoms with Gasteiger partial charge in [0.2, 0.25) is 0 Å². The molecule has 0 unspecified atom stereocenters. The number of aryl methyl sites for hydroxylation is 1. The van der Waals surface area contributed by atoms with Crippen LogP contribution in [0.25, 0.3) is 0 Å². The number of halogens is 1. The molecule has 0 bridgehead atoms. The van der Waals surface area contributed by atoms with Crippen LogP contribution >= 0.6 is 10.7 Å². The lowest BCUT2D eigenvalue weighted by Gasteiger charge is -2.06. The van der Waals surface area contributed by atoms with Crippen molar-refractivity contribution in [2.24, 2.45) is 0 Å². The maximum absolute atomic E-state index is 11.2. The summed E-state index contributed by atoms with van der Waals surface area (Å²) in [5.41, 5.74) is 0. The molecule has 1 aromatic heterocycles. The van der Waals surface area contributed by atoms with E-state index in [0.717, 1.165) is 19.4 Å². The summed E-state index contributed by atoms with van der Waals surface area (Å²) in [5, 5.41) is -0.0884. The summed E-state index contributed by atoms with van der Waals surface area (Å²) in [7, 11) is 1.51. The molecule has 0 aliphatic rings. The second-order valence-electron chi connectivity index (χ2n) is 3.95. The molecule has 1 aromatic rings. The maximum Gasteiger partial charge on any atom is 0.280 e. The summed E-state index contributed by atoms with van der Waals surface area (Å²) in [4.78, 5) is 4.00. The summed E-state index contributed by atoms with van der Waals surface area (Å²) < 4.78 is 29.6. The second kappa shape index (κ2) is 7.11. The van der Waals surface area contributed by atoms with E-state index < -0.39 is 9.05 Å². The van der Waals surface area contributed by atoms with Crippen molar-refractivity contribution in [1.82, 2.24) is 9.55 Å². The van der Waals surface area contributed by atoms with Gasteiger partial charge in [-0.05, 0) is 6.42 Å². The molecule has 7 heteroatoms. The molecule has 0 N–H and O–H groups in total. The van der Waals surface area contributed by atoms with Crippen LogP contribution in [0, 0.1) is 0 Å². The molecule has 0 aliphatic carbocycles. The zero-order valence-corrected chi connectivity index (χ0v) is 12.3.